The van der Waals surface area contributed by atoms with Crippen molar-refractivity contribution < 1.29 is 9.47 Å². The van der Waals surface area contributed by atoms with Gasteiger partial charge in [-0.05, 0) is 50.5 Å². The van der Waals surface area contributed by atoms with Gasteiger partial charge in [0, 0.05) is 13.1 Å². The van der Waals surface area contributed by atoms with E-state index in [0.717, 1.165) is 37.7 Å². The molecule has 1 atom stereocenters. The molecule has 1 aromatic rings. The number of ether oxygens (including phenoxy) is 2. The second-order valence-electron chi connectivity index (χ2n) is 6.64. The van der Waals surface area contributed by atoms with Gasteiger partial charge in [-0.3, -0.25) is 4.90 Å². The number of likely N-dealkylation sites (tertiary alicyclic amines) is 1. The molecule has 2 aliphatic rings. The fourth-order valence-electron chi connectivity index (χ4n) is 3.32. The van der Waals surface area contributed by atoms with Gasteiger partial charge in [-0.1, -0.05) is 19.1 Å². The smallest absolute Gasteiger partial charge is 0.161 e. The molecule has 2 aliphatic heterocycles. The van der Waals surface area contributed by atoms with Crippen LogP contribution in [0.15, 0.2) is 24.3 Å². The lowest BCUT2D eigenvalue weighted by atomic mass is 9.80. The SMILES string of the molecule is CNCC1(C)CCN(CC2COc3ccccc3O2)CC1. The van der Waals surface area contributed by atoms with Gasteiger partial charge in [-0.2, -0.15) is 0 Å². The van der Waals surface area contributed by atoms with Gasteiger partial charge < -0.3 is 14.8 Å². The Morgan fingerprint density at radius 3 is 2.67 bits per heavy atom. The van der Waals surface area contributed by atoms with Crippen LogP contribution in [0, 0.1) is 5.41 Å². The van der Waals surface area contributed by atoms with E-state index in [4.69, 9.17) is 9.47 Å². The molecule has 2 heterocycles. The lowest BCUT2D eigenvalue weighted by Gasteiger charge is -2.40. The summed E-state index contributed by atoms with van der Waals surface area (Å²) in [5, 5.41) is 3.32. The van der Waals surface area contributed by atoms with Crippen LogP contribution in [0.4, 0.5) is 0 Å². The van der Waals surface area contributed by atoms with E-state index in [0.29, 0.717) is 12.0 Å². The first kappa shape index (κ1) is 14.7. The maximum Gasteiger partial charge on any atom is 0.161 e. The van der Waals surface area contributed by atoms with Crippen molar-refractivity contribution in [2.75, 3.05) is 39.8 Å². The number of hydrogen-bond donors (Lipinski definition) is 1. The van der Waals surface area contributed by atoms with Crippen molar-refractivity contribution in [2.24, 2.45) is 5.41 Å². The van der Waals surface area contributed by atoms with E-state index in [9.17, 15) is 0 Å². The summed E-state index contributed by atoms with van der Waals surface area (Å²) in [5.41, 5.74) is 0.446. The Labute approximate surface area is 127 Å². The fourth-order valence-corrected chi connectivity index (χ4v) is 3.32. The van der Waals surface area contributed by atoms with Gasteiger partial charge in [0.25, 0.3) is 0 Å². The number of piperidine rings is 1. The Bertz CT molecular complexity index is 470. The van der Waals surface area contributed by atoms with Crippen molar-refractivity contribution >= 4 is 0 Å². The predicted octanol–water partition coefficient (Wildman–Crippen LogP) is 2.15. The molecule has 0 spiro atoms. The Hall–Kier alpha value is -1.26. The second-order valence-corrected chi connectivity index (χ2v) is 6.64. The van der Waals surface area contributed by atoms with Crippen LogP contribution in [-0.2, 0) is 0 Å². The number of para-hydroxylation sites is 2. The van der Waals surface area contributed by atoms with Crippen molar-refractivity contribution in [1.82, 2.24) is 10.2 Å². The molecule has 4 heteroatoms. The summed E-state index contributed by atoms with van der Waals surface area (Å²) in [6.07, 6.45) is 2.64. The summed E-state index contributed by atoms with van der Waals surface area (Å²) in [7, 11) is 2.04. The van der Waals surface area contributed by atoms with Gasteiger partial charge in [0.1, 0.15) is 12.7 Å². The predicted molar refractivity (Wildman–Crippen MR) is 84.1 cm³/mol. The minimum Gasteiger partial charge on any atom is -0.486 e. The molecule has 1 saturated heterocycles. The number of hydrogen-bond acceptors (Lipinski definition) is 4. The Balaban J connectivity index is 1.51. The maximum atomic E-state index is 6.06. The molecule has 1 aromatic carbocycles. The Morgan fingerprint density at radius 2 is 1.95 bits per heavy atom. The standard InChI is InChI=1S/C17H26N2O2/c1-17(13-18-2)7-9-19(10-8-17)11-14-12-20-15-5-3-4-6-16(15)21-14/h3-6,14,18H,7-13H2,1-2H3. The summed E-state index contributed by atoms with van der Waals surface area (Å²) in [4.78, 5) is 2.51. The normalized spacial score (nSPS) is 24.8. The van der Waals surface area contributed by atoms with E-state index in [2.05, 4.69) is 17.1 Å². The maximum absolute atomic E-state index is 6.06. The van der Waals surface area contributed by atoms with Crippen molar-refractivity contribution in [3.63, 3.8) is 0 Å². The third kappa shape index (κ3) is 3.50. The first-order chi connectivity index (χ1) is 10.2. The largest absolute Gasteiger partial charge is 0.486 e. The van der Waals surface area contributed by atoms with Gasteiger partial charge in [-0.25, -0.2) is 0 Å². The molecule has 116 valence electrons. The van der Waals surface area contributed by atoms with Crippen LogP contribution in [0.1, 0.15) is 19.8 Å². The van der Waals surface area contributed by atoms with Gasteiger partial charge in [-0.15, -0.1) is 0 Å². The Morgan fingerprint density at radius 1 is 1.24 bits per heavy atom. The van der Waals surface area contributed by atoms with Crippen LogP contribution in [0.3, 0.4) is 0 Å². The zero-order valence-electron chi connectivity index (χ0n) is 13.1. The summed E-state index contributed by atoms with van der Waals surface area (Å²) >= 11 is 0. The summed E-state index contributed by atoms with van der Waals surface area (Å²) < 4.78 is 11.9. The molecule has 0 bridgehead atoms. The van der Waals surface area contributed by atoms with Crippen LogP contribution in [0.25, 0.3) is 0 Å². The molecule has 21 heavy (non-hydrogen) atoms. The minimum atomic E-state index is 0.147. The molecule has 0 aliphatic carbocycles. The van der Waals surface area contributed by atoms with Crippen molar-refractivity contribution in [1.29, 1.82) is 0 Å². The molecule has 1 unspecified atom stereocenters. The van der Waals surface area contributed by atoms with E-state index < -0.39 is 0 Å². The molecule has 1 N–H and O–H groups in total. The minimum absolute atomic E-state index is 0.147. The summed E-state index contributed by atoms with van der Waals surface area (Å²) in [5.74, 6) is 1.75. The van der Waals surface area contributed by atoms with Crippen LogP contribution in [0.2, 0.25) is 0 Å². The number of fused-ring (bicyclic) bond motifs is 1. The molecule has 0 saturated carbocycles. The first-order valence-corrected chi connectivity index (χ1v) is 7.94. The van der Waals surface area contributed by atoms with Crippen LogP contribution in [0.5, 0.6) is 11.5 Å². The highest BCUT2D eigenvalue weighted by Gasteiger charge is 2.31. The van der Waals surface area contributed by atoms with Crippen LogP contribution < -0.4 is 14.8 Å². The zero-order valence-corrected chi connectivity index (χ0v) is 13.1. The molecule has 1 fully saturated rings. The highest BCUT2D eigenvalue weighted by molar-refractivity contribution is 5.40. The molecule has 0 radical (unpaired) electrons. The van der Waals surface area contributed by atoms with Crippen molar-refractivity contribution in [3.8, 4) is 11.5 Å². The lowest BCUT2D eigenvalue weighted by Crippen LogP contribution is -2.47. The first-order valence-electron chi connectivity index (χ1n) is 7.94. The number of nitrogens with one attached hydrogen (secondary N) is 1. The molecule has 4 nitrogen and oxygen atoms in total. The average Bonchev–Trinajstić information content (AvgIpc) is 2.50. The van der Waals surface area contributed by atoms with E-state index >= 15 is 0 Å². The van der Waals surface area contributed by atoms with Crippen molar-refractivity contribution in [2.45, 2.75) is 25.9 Å². The highest BCUT2D eigenvalue weighted by Crippen LogP contribution is 2.33. The van der Waals surface area contributed by atoms with Gasteiger partial charge >= 0.3 is 0 Å². The summed E-state index contributed by atoms with van der Waals surface area (Å²) in [6.45, 7) is 7.42. The number of rotatable bonds is 4. The van der Waals surface area contributed by atoms with Crippen LogP contribution in [-0.4, -0.2) is 50.8 Å². The third-order valence-electron chi connectivity index (χ3n) is 4.70. The van der Waals surface area contributed by atoms with Gasteiger partial charge in [0.15, 0.2) is 11.5 Å². The molecule has 3 rings (SSSR count). The Kier molecular flexibility index (Phi) is 4.36. The van der Waals surface area contributed by atoms with Gasteiger partial charge in [0.05, 0.1) is 0 Å². The number of benzene rings is 1. The van der Waals surface area contributed by atoms with E-state index in [1.165, 1.54) is 12.8 Å². The highest BCUT2D eigenvalue weighted by atomic mass is 16.6. The second kappa shape index (κ2) is 6.24. The van der Waals surface area contributed by atoms with E-state index in [1.807, 2.05) is 31.3 Å². The number of nitrogens with zero attached hydrogens (tertiary/aromatic N) is 1. The van der Waals surface area contributed by atoms with Crippen LogP contribution >= 0.6 is 0 Å². The monoisotopic (exact) mass is 290 g/mol. The van der Waals surface area contributed by atoms with E-state index in [1.54, 1.807) is 0 Å². The molecular formula is C17H26N2O2. The summed E-state index contributed by atoms with van der Waals surface area (Å²) in [6, 6.07) is 7.93. The lowest BCUT2D eigenvalue weighted by molar-refractivity contribution is 0.0359. The van der Waals surface area contributed by atoms with Gasteiger partial charge in [0.2, 0.25) is 0 Å². The van der Waals surface area contributed by atoms with E-state index in [-0.39, 0.29) is 6.10 Å². The molecule has 0 amide bonds. The zero-order chi connectivity index (χ0) is 14.7. The average molecular weight is 290 g/mol. The molecular weight excluding hydrogens is 264 g/mol. The van der Waals surface area contributed by atoms with Crippen molar-refractivity contribution in [3.05, 3.63) is 24.3 Å². The molecule has 0 aromatic heterocycles. The fraction of sp³-hybridized carbons (Fsp3) is 0.647. The topological polar surface area (TPSA) is 33.7 Å². The third-order valence-corrected chi connectivity index (χ3v) is 4.70. The quantitative estimate of drug-likeness (QED) is 0.921.